The van der Waals surface area contributed by atoms with Gasteiger partial charge in [0.1, 0.15) is 5.00 Å². The van der Waals surface area contributed by atoms with Crippen LogP contribution in [0.3, 0.4) is 0 Å². The fourth-order valence-corrected chi connectivity index (χ4v) is 2.93. The summed E-state index contributed by atoms with van der Waals surface area (Å²) < 4.78 is 0. The monoisotopic (exact) mass is 368 g/mol. The lowest BCUT2D eigenvalue weighted by molar-refractivity contribution is -0.384. The lowest BCUT2D eigenvalue weighted by atomic mass is 10.2. The number of rotatable bonds is 5. The van der Waals surface area contributed by atoms with Gasteiger partial charge in [0, 0.05) is 30.2 Å². The molecule has 0 saturated carbocycles. The highest BCUT2D eigenvalue weighted by atomic mass is 32.1. The number of amides is 2. The Hall–Kier alpha value is -3.59. The molecule has 0 bridgehead atoms. The van der Waals surface area contributed by atoms with E-state index >= 15 is 0 Å². The number of hydrogen-bond donors (Lipinski definition) is 2. The predicted octanol–water partition coefficient (Wildman–Crippen LogP) is 3.56. The molecule has 2 aromatic heterocycles. The number of anilines is 2. The number of nitro benzene ring substituents is 1. The number of aromatic nitrogens is 1. The van der Waals surface area contributed by atoms with E-state index in [-0.39, 0.29) is 17.2 Å². The maximum atomic E-state index is 12.5. The second kappa shape index (κ2) is 7.53. The summed E-state index contributed by atoms with van der Waals surface area (Å²) in [6.45, 7) is 0. The SMILES string of the molecule is O=C(Nc1sccc1C(=O)Nc1cccc([N+](=O)[O-])c1)c1cccnc1. The first kappa shape index (κ1) is 17.2. The molecule has 0 spiro atoms. The van der Waals surface area contributed by atoms with Crippen LogP contribution in [0.2, 0.25) is 0 Å². The van der Waals surface area contributed by atoms with Crippen LogP contribution in [0, 0.1) is 10.1 Å². The van der Waals surface area contributed by atoms with Gasteiger partial charge in [-0.3, -0.25) is 24.7 Å². The van der Waals surface area contributed by atoms with Gasteiger partial charge in [-0.1, -0.05) is 6.07 Å². The average Bonchev–Trinajstić information content (AvgIpc) is 3.11. The number of hydrogen-bond acceptors (Lipinski definition) is 6. The quantitative estimate of drug-likeness (QED) is 0.528. The lowest BCUT2D eigenvalue weighted by Crippen LogP contribution is -2.16. The van der Waals surface area contributed by atoms with Crippen LogP contribution < -0.4 is 10.6 Å². The third kappa shape index (κ3) is 3.90. The molecule has 130 valence electrons. The molecule has 3 aromatic rings. The maximum absolute atomic E-state index is 12.5. The van der Waals surface area contributed by atoms with Crippen molar-refractivity contribution in [2.45, 2.75) is 0 Å². The summed E-state index contributed by atoms with van der Waals surface area (Å²) >= 11 is 1.20. The second-order valence-electron chi connectivity index (χ2n) is 5.12. The predicted molar refractivity (Wildman–Crippen MR) is 97.6 cm³/mol. The molecule has 0 saturated heterocycles. The highest BCUT2D eigenvalue weighted by Gasteiger charge is 2.17. The van der Waals surface area contributed by atoms with Gasteiger partial charge in [-0.2, -0.15) is 0 Å². The van der Waals surface area contributed by atoms with Gasteiger partial charge in [0.25, 0.3) is 17.5 Å². The number of nitrogens with one attached hydrogen (secondary N) is 2. The number of thiophene rings is 1. The Morgan fingerprint density at radius 2 is 1.92 bits per heavy atom. The molecule has 3 rings (SSSR count). The largest absolute Gasteiger partial charge is 0.322 e. The van der Waals surface area contributed by atoms with Crippen molar-refractivity contribution in [3.05, 3.63) is 81.5 Å². The molecular formula is C17H12N4O4S. The van der Waals surface area contributed by atoms with E-state index in [1.807, 2.05) is 0 Å². The van der Waals surface area contributed by atoms with Crippen LogP contribution >= 0.6 is 11.3 Å². The summed E-state index contributed by atoms with van der Waals surface area (Å²) in [6, 6.07) is 10.4. The Bertz CT molecular complexity index is 972. The van der Waals surface area contributed by atoms with Gasteiger partial charge < -0.3 is 10.6 Å². The number of benzene rings is 1. The zero-order chi connectivity index (χ0) is 18.5. The van der Waals surface area contributed by atoms with Crippen molar-refractivity contribution in [3.8, 4) is 0 Å². The van der Waals surface area contributed by atoms with Gasteiger partial charge >= 0.3 is 0 Å². The minimum Gasteiger partial charge on any atom is -0.322 e. The summed E-state index contributed by atoms with van der Waals surface area (Å²) in [4.78, 5) is 38.8. The van der Waals surface area contributed by atoms with E-state index in [0.717, 1.165) is 0 Å². The van der Waals surface area contributed by atoms with E-state index in [0.29, 0.717) is 16.3 Å². The minimum absolute atomic E-state index is 0.127. The van der Waals surface area contributed by atoms with Crippen molar-refractivity contribution in [1.29, 1.82) is 0 Å². The zero-order valence-corrected chi connectivity index (χ0v) is 14.0. The van der Waals surface area contributed by atoms with Crippen molar-refractivity contribution in [2.75, 3.05) is 10.6 Å². The molecule has 2 heterocycles. The van der Waals surface area contributed by atoms with Gasteiger partial charge in [0.2, 0.25) is 0 Å². The maximum Gasteiger partial charge on any atom is 0.271 e. The topological polar surface area (TPSA) is 114 Å². The number of nitro groups is 1. The standard InChI is InChI=1S/C17H12N4O4S/c22-15(11-3-2-7-18-10-11)20-17-14(6-8-26-17)16(23)19-12-4-1-5-13(9-12)21(24)25/h1-10H,(H,19,23)(H,20,22). The van der Waals surface area contributed by atoms with Crippen LogP contribution in [0.4, 0.5) is 16.4 Å². The fourth-order valence-electron chi connectivity index (χ4n) is 2.15. The normalized spacial score (nSPS) is 10.2. The molecule has 0 aliphatic carbocycles. The van der Waals surface area contributed by atoms with Gasteiger partial charge in [0.05, 0.1) is 16.1 Å². The molecular weight excluding hydrogens is 356 g/mol. The smallest absolute Gasteiger partial charge is 0.271 e. The van der Waals surface area contributed by atoms with E-state index in [9.17, 15) is 19.7 Å². The third-order valence-corrected chi connectivity index (χ3v) is 4.21. The second-order valence-corrected chi connectivity index (χ2v) is 6.04. The molecule has 9 heteroatoms. The molecule has 0 aliphatic heterocycles. The Balaban J connectivity index is 1.75. The molecule has 0 fully saturated rings. The molecule has 2 N–H and O–H groups in total. The number of carbonyl (C=O) groups excluding carboxylic acids is 2. The highest BCUT2D eigenvalue weighted by molar-refractivity contribution is 7.14. The number of non-ortho nitro benzene ring substituents is 1. The van der Waals surface area contributed by atoms with E-state index < -0.39 is 10.8 Å². The molecule has 0 aliphatic rings. The summed E-state index contributed by atoms with van der Waals surface area (Å²) in [5, 5.41) is 18.1. The van der Waals surface area contributed by atoms with Crippen molar-refractivity contribution < 1.29 is 14.5 Å². The van der Waals surface area contributed by atoms with Crippen molar-refractivity contribution >= 4 is 39.5 Å². The molecule has 2 amide bonds. The van der Waals surface area contributed by atoms with Crippen molar-refractivity contribution in [2.24, 2.45) is 0 Å². The van der Waals surface area contributed by atoms with Crippen LogP contribution in [-0.2, 0) is 0 Å². The van der Waals surface area contributed by atoms with Crippen molar-refractivity contribution in [3.63, 3.8) is 0 Å². The van der Waals surface area contributed by atoms with Crippen LogP contribution in [0.25, 0.3) is 0 Å². The zero-order valence-electron chi connectivity index (χ0n) is 13.2. The number of nitrogens with zero attached hydrogens (tertiary/aromatic N) is 2. The van der Waals surface area contributed by atoms with Crippen LogP contribution in [0.5, 0.6) is 0 Å². The van der Waals surface area contributed by atoms with Crippen LogP contribution in [-0.4, -0.2) is 21.7 Å². The van der Waals surface area contributed by atoms with Gasteiger partial charge in [0.15, 0.2) is 0 Å². The molecule has 8 nitrogen and oxygen atoms in total. The summed E-state index contributed by atoms with van der Waals surface area (Å²) in [5.41, 5.74) is 0.794. The first-order chi connectivity index (χ1) is 12.5. The molecule has 0 radical (unpaired) electrons. The Labute approximate surface area is 151 Å². The van der Waals surface area contributed by atoms with Gasteiger partial charge in [-0.05, 0) is 29.6 Å². The summed E-state index contributed by atoms with van der Waals surface area (Å²) in [7, 11) is 0. The van der Waals surface area contributed by atoms with Gasteiger partial charge in [-0.25, -0.2) is 0 Å². The molecule has 1 aromatic carbocycles. The van der Waals surface area contributed by atoms with E-state index in [1.165, 1.54) is 35.7 Å². The number of carbonyl (C=O) groups is 2. The third-order valence-electron chi connectivity index (χ3n) is 3.38. The average molecular weight is 368 g/mol. The Morgan fingerprint density at radius 1 is 1.08 bits per heavy atom. The minimum atomic E-state index is -0.542. The van der Waals surface area contributed by atoms with E-state index in [1.54, 1.807) is 35.8 Å². The Kier molecular flexibility index (Phi) is 4.99. The summed E-state index contributed by atoms with van der Waals surface area (Å²) in [6.07, 6.45) is 2.98. The fraction of sp³-hybridized carbons (Fsp3) is 0. The molecule has 0 atom stereocenters. The Morgan fingerprint density at radius 3 is 2.65 bits per heavy atom. The van der Waals surface area contributed by atoms with Crippen LogP contribution in [0.1, 0.15) is 20.7 Å². The summed E-state index contributed by atoms with van der Waals surface area (Å²) in [5.74, 6) is -0.863. The lowest BCUT2D eigenvalue weighted by Gasteiger charge is -2.07. The molecule has 0 unspecified atom stereocenters. The highest BCUT2D eigenvalue weighted by Crippen LogP contribution is 2.25. The van der Waals surface area contributed by atoms with E-state index in [4.69, 9.17) is 0 Å². The van der Waals surface area contributed by atoms with E-state index in [2.05, 4.69) is 15.6 Å². The van der Waals surface area contributed by atoms with Crippen LogP contribution in [0.15, 0.2) is 60.2 Å². The van der Waals surface area contributed by atoms with Crippen molar-refractivity contribution in [1.82, 2.24) is 4.98 Å². The van der Waals surface area contributed by atoms with Gasteiger partial charge in [-0.15, -0.1) is 11.3 Å². The number of pyridine rings is 1. The first-order valence-electron chi connectivity index (χ1n) is 7.39. The first-order valence-corrected chi connectivity index (χ1v) is 8.27. The molecule has 26 heavy (non-hydrogen) atoms.